The van der Waals surface area contributed by atoms with Gasteiger partial charge < -0.3 is 9.40 Å². The van der Waals surface area contributed by atoms with Crippen LogP contribution in [-0.2, 0) is 11.9 Å². The van der Waals surface area contributed by atoms with Crippen LogP contribution in [0.5, 0.6) is 0 Å². The second kappa shape index (κ2) is 5.05. The summed E-state index contributed by atoms with van der Waals surface area (Å²) < 4.78 is 0.959. The first-order chi connectivity index (χ1) is 10.9. The molecule has 1 N–H and O–H groups in total. The zero-order chi connectivity index (χ0) is 16.7. The van der Waals surface area contributed by atoms with Crippen molar-refractivity contribution in [1.82, 2.24) is 14.6 Å². The van der Waals surface area contributed by atoms with Crippen LogP contribution in [0.15, 0.2) is 40.1 Å². The molecule has 2 heterocycles. The number of carbonyl (C=O) groups is 3. The quantitative estimate of drug-likeness (QED) is 0.742. The molecular weight excluding hydrogens is 306 g/mol. The lowest BCUT2D eigenvalue weighted by Crippen LogP contribution is -2.37. The number of aryl methyl sites for hydroxylation is 1. The highest BCUT2D eigenvalue weighted by Crippen LogP contribution is 2.22. The van der Waals surface area contributed by atoms with Crippen molar-refractivity contribution >= 4 is 17.8 Å². The van der Waals surface area contributed by atoms with Crippen LogP contribution >= 0.6 is 0 Å². The van der Waals surface area contributed by atoms with E-state index in [2.05, 4.69) is 0 Å². The van der Waals surface area contributed by atoms with Crippen LogP contribution in [0.3, 0.4) is 0 Å². The van der Waals surface area contributed by atoms with E-state index in [9.17, 15) is 24.0 Å². The number of carbonyl (C=O) groups excluding carboxylic acids is 3. The number of hydroxylamine groups is 2. The summed E-state index contributed by atoms with van der Waals surface area (Å²) in [4.78, 5) is 65.7. The summed E-state index contributed by atoms with van der Waals surface area (Å²) in [7, 11) is 1.32. The number of imide groups is 1. The van der Waals surface area contributed by atoms with Gasteiger partial charge in [0.25, 0.3) is 17.4 Å². The van der Waals surface area contributed by atoms with Gasteiger partial charge >= 0.3 is 11.7 Å². The monoisotopic (exact) mass is 315 g/mol. The first kappa shape index (κ1) is 14.4. The molecule has 0 radical (unpaired) electrons. The summed E-state index contributed by atoms with van der Waals surface area (Å²) in [6.45, 7) is 0. The third-order valence-corrected chi connectivity index (χ3v) is 3.26. The lowest BCUT2D eigenvalue weighted by atomic mass is 10.1. The average molecular weight is 315 g/mol. The Morgan fingerprint density at radius 1 is 1.04 bits per heavy atom. The number of fused-ring (bicyclic) bond motifs is 1. The number of aromatic nitrogens is 2. The van der Waals surface area contributed by atoms with Crippen molar-refractivity contribution in [1.29, 1.82) is 0 Å². The van der Waals surface area contributed by atoms with E-state index < -0.39 is 34.6 Å². The fourth-order valence-electron chi connectivity index (χ4n) is 2.09. The van der Waals surface area contributed by atoms with E-state index in [0.717, 1.165) is 10.8 Å². The minimum absolute atomic E-state index is 0.0969. The molecule has 0 bridgehead atoms. The highest BCUT2D eigenvalue weighted by atomic mass is 16.7. The van der Waals surface area contributed by atoms with Crippen molar-refractivity contribution in [2.24, 2.45) is 7.05 Å². The first-order valence-electron chi connectivity index (χ1n) is 6.40. The number of nitrogens with one attached hydrogen (secondary N) is 1. The van der Waals surface area contributed by atoms with Crippen molar-refractivity contribution in [3.05, 3.63) is 68.0 Å². The van der Waals surface area contributed by atoms with E-state index in [-0.39, 0.29) is 16.2 Å². The molecule has 23 heavy (non-hydrogen) atoms. The Morgan fingerprint density at radius 3 is 2.17 bits per heavy atom. The zero-order valence-electron chi connectivity index (χ0n) is 11.7. The minimum Gasteiger partial charge on any atom is -0.324 e. The van der Waals surface area contributed by atoms with Crippen molar-refractivity contribution in [2.45, 2.75) is 0 Å². The maximum Gasteiger partial charge on any atom is 0.371 e. The van der Waals surface area contributed by atoms with E-state index in [0.29, 0.717) is 0 Å². The molecule has 2 amide bonds. The van der Waals surface area contributed by atoms with Crippen LogP contribution < -0.4 is 11.2 Å². The minimum atomic E-state index is -1.23. The van der Waals surface area contributed by atoms with Gasteiger partial charge in [0.1, 0.15) is 5.56 Å². The molecule has 1 aromatic heterocycles. The van der Waals surface area contributed by atoms with E-state index in [1.165, 1.54) is 19.2 Å². The lowest BCUT2D eigenvalue weighted by Gasteiger charge is -2.12. The van der Waals surface area contributed by atoms with Crippen LogP contribution in [0.4, 0.5) is 0 Å². The van der Waals surface area contributed by atoms with Gasteiger partial charge in [-0.25, -0.2) is 9.59 Å². The summed E-state index contributed by atoms with van der Waals surface area (Å²) in [6, 6.07) is 5.96. The Bertz CT molecular complexity index is 936. The summed E-state index contributed by atoms with van der Waals surface area (Å²) in [5, 5.41) is 0.289. The molecule has 9 nitrogen and oxygen atoms in total. The molecule has 3 rings (SSSR count). The van der Waals surface area contributed by atoms with Gasteiger partial charge in [0.2, 0.25) is 0 Å². The van der Waals surface area contributed by atoms with Gasteiger partial charge in [-0.05, 0) is 12.1 Å². The van der Waals surface area contributed by atoms with Crippen LogP contribution in [0.25, 0.3) is 0 Å². The fourth-order valence-corrected chi connectivity index (χ4v) is 2.09. The SMILES string of the molecule is Cn1cc(C(=O)ON2C(=O)c3ccccc3C2=O)c(=O)[nH]c1=O. The van der Waals surface area contributed by atoms with Gasteiger partial charge in [-0.3, -0.25) is 19.4 Å². The number of H-pyrrole nitrogens is 1. The second-order valence-corrected chi connectivity index (χ2v) is 4.74. The molecule has 0 unspecified atom stereocenters. The third-order valence-electron chi connectivity index (χ3n) is 3.26. The number of hydrogen-bond donors (Lipinski definition) is 1. The first-order valence-corrected chi connectivity index (χ1v) is 6.40. The Hall–Kier alpha value is -3.49. The maximum absolute atomic E-state index is 12.1. The molecule has 0 saturated heterocycles. The van der Waals surface area contributed by atoms with Crippen LogP contribution in [0.1, 0.15) is 31.1 Å². The lowest BCUT2D eigenvalue weighted by molar-refractivity contribution is -0.0586. The van der Waals surface area contributed by atoms with Crippen molar-refractivity contribution in [3.8, 4) is 0 Å². The van der Waals surface area contributed by atoms with E-state index in [4.69, 9.17) is 4.84 Å². The molecular formula is C14H9N3O6. The molecule has 0 aliphatic carbocycles. The smallest absolute Gasteiger partial charge is 0.324 e. The summed E-state index contributed by atoms with van der Waals surface area (Å²) in [5.74, 6) is -2.84. The van der Waals surface area contributed by atoms with Crippen molar-refractivity contribution in [3.63, 3.8) is 0 Å². The average Bonchev–Trinajstić information content (AvgIpc) is 2.76. The molecule has 0 atom stereocenters. The van der Waals surface area contributed by atoms with Gasteiger partial charge in [0.05, 0.1) is 11.1 Å². The fraction of sp³-hybridized carbons (Fsp3) is 0.0714. The van der Waals surface area contributed by atoms with Crippen molar-refractivity contribution in [2.75, 3.05) is 0 Å². The topological polar surface area (TPSA) is 119 Å². The molecule has 2 aromatic rings. The Labute approximate surface area is 127 Å². The van der Waals surface area contributed by atoms with Gasteiger partial charge in [-0.15, -0.1) is 0 Å². The number of benzene rings is 1. The Morgan fingerprint density at radius 2 is 1.61 bits per heavy atom. The van der Waals surface area contributed by atoms with Gasteiger partial charge in [-0.2, -0.15) is 0 Å². The number of nitrogens with zero attached hydrogens (tertiary/aromatic N) is 2. The Balaban J connectivity index is 1.92. The molecule has 1 aliphatic heterocycles. The van der Waals surface area contributed by atoms with E-state index in [1.807, 2.05) is 4.98 Å². The zero-order valence-corrected chi connectivity index (χ0v) is 11.7. The largest absolute Gasteiger partial charge is 0.371 e. The Kier molecular flexibility index (Phi) is 3.17. The summed E-state index contributed by atoms with van der Waals surface area (Å²) in [5.41, 5.74) is -2.01. The van der Waals surface area contributed by atoms with Gasteiger partial charge in [0, 0.05) is 13.2 Å². The molecule has 9 heteroatoms. The van der Waals surface area contributed by atoms with Gasteiger partial charge in [-0.1, -0.05) is 17.2 Å². The second-order valence-electron chi connectivity index (χ2n) is 4.74. The molecule has 116 valence electrons. The van der Waals surface area contributed by atoms with E-state index >= 15 is 0 Å². The van der Waals surface area contributed by atoms with Crippen LogP contribution in [0.2, 0.25) is 0 Å². The van der Waals surface area contributed by atoms with Crippen LogP contribution in [-0.4, -0.2) is 32.4 Å². The number of aromatic amines is 1. The summed E-state index contributed by atoms with van der Waals surface area (Å²) in [6.07, 6.45) is 0.960. The highest BCUT2D eigenvalue weighted by molar-refractivity contribution is 6.21. The molecule has 1 aliphatic rings. The van der Waals surface area contributed by atoms with Crippen molar-refractivity contribution < 1.29 is 19.2 Å². The predicted octanol–water partition coefficient (Wildman–Crippen LogP) is -0.558. The number of rotatable bonds is 2. The molecule has 1 aromatic carbocycles. The highest BCUT2D eigenvalue weighted by Gasteiger charge is 2.39. The normalized spacial score (nSPS) is 13.2. The predicted molar refractivity (Wildman–Crippen MR) is 74.7 cm³/mol. The standard InChI is InChI=1S/C14H9N3O6/c1-16-6-9(10(18)15-14(16)22)13(21)23-17-11(19)7-4-2-3-5-8(7)12(17)20/h2-6H,1H3,(H,15,18,22). The molecule has 0 spiro atoms. The van der Waals surface area contributed by atoms with Crippen LogP contribution in [0, 0.1) is 0 Å². The number of amides is 2. The summed E-state index contributed by atoms with van der Waals surface area (Å²) >= 11 is 0. The third kappa shape index (κ3) is 2.24. The molecule has 0 saturated carbocycles. The number of hydrogen-bond acceptors (Lipinski definition) is 6. The maximum atomic E-state index is 12.1. The van der Waals surface area contributed by atoms with E-state index in [1.54, 1.807) is 12.1 Å². The molecule has 0 fully saturated rings. The van der Waals surface area contributed by atoms with Gasteiger partial charge in [0.15, 0.2) is 0 Å².